The predicted octanol–water partition coefficient (Wildman–Crippen LogP) is 4.48. The number of carbonyl (C=O) groups excluding carboxylic acids is 2. The Morgan fingerprint density at radius 3 is 2.96 bits per heavy atom. The molecule has 0 radical (unpaired) electrons. The molecule has 1 fully saturated rings. The smallest absolute Gasteiger partial charge is 0.311 e. The number of nitrogens with zero attached hydrogens (tertiary/aromatic N) is 1. The second-order valence-corrected chi connectivity index (χ2v) is 6.50. The number of fused-ring (bicyclic) bond motifs is 1. The van der Waals surface area contributed by atoms with Crippen LogP contribution in [-0.4, -0.2) is 16.7 Å². The van der Waals surface area contributed by atoms with Crippen LogP contribution in [-0.2, 0) is 9.59 Å². The third kappa shape index (κ3) is 4.13. The van der Waals surface area contributed by atoms with Crippen molar-refractivity contribution in [1.82, 2.24) is 4.98 Å². The molecule has 1 aromatic carbocycles. The van der Waals surface area contributed by atoms with Crippen molar-refractivity contribution < 1.29 is 14.3 Å². The summed E-state index contributed by atoms with van der Waals surface area (Å²) in [4.78, 5) is 28.8. The number of allylic oxidation sites excluding steroid dienone is 2. The molecular weight excluding hydrogens is 314 g/mol. The van der Waals surface area contributed by atoms with Crippen molar-refractivity contribution in [2.45, 2.75) is 39.0 Å². The van der Waals surface area contributed by atoms with Gasteiger partial charge in [-0.25, -0.2) is 0 Å². The maximum atomic E-state index is 12.4. The van der Waals surface area contributed by atoms with Crippen molar-refractivity contribution in [2.24, 2.45) is 11.8 Å². The largest absolute Gasteiger partial charge is 0.424 e. The maximum absolute atomic E-state index is 12.4. The van der Waals surface area contributed by atoms with Gasteiger partial charge in [-0.2, -0.15) is 0 Å². The van der Waals surface area contributed by atoms with E-state index >= 15 is 0 Å². The molecule has 2 atom stereocenters. The fourth-order valence-electron chi connectivity index (χ4n) is 3.49. The molecule has 1 saturated carbocycles. The van der Waals surface area contributed by atoms with E-state index in [1.807, 2.05) is 24.3 Å². The highest BCUT2D eigenvalue weighted by molar-refractivity contribution is 5.88. The lowest BCUT2D eigenvalue weighted by atomic mass is 9.89. The molecular formula is C21H23NO3. The molecule has 4 nitrogen and oxygen atoms in total. The molecule has 1 aliphatic rings. The lowest BCUT2D eigenvalue weighted by Gasteiger charge is -2.16. The van der Waals surface area contributed by atoms with E-state index in [1.54, 1.807) is 12.3 Å². The Hall–Kier alpha value is -2.49. The summed E-state index contributed by atoms with van der Waals surface area (Å²) in [7, 11) is 0. The predicted molar refractivity (Wildman–Crippen MR) is 97.3 cm³/mol. The minimum atomic E-state index is -0.290. The molecule has 130 valence electrons. The highest BCUT2D eigenvalue weighted by Gasteiger charge is 2.35. The van der Waals surface area contributed by atoms with Gasteiger partial charge in [0, 0.05) is 30.3 Å². The van der Waals surface area contributed by atoms with E-state index in [0.717, 1.165) is 24.6 Å². The van der Waals surface area contributed by atoms with E-state index in [0.29, 0.717) is 17.7 Å². The molecule has 0 saturated heterocycles. The summed E-state index contributed by atoms with van der Waals surface area (Å²) in [5, 5.41) is 0.937. The number of pyridine rings is 1. The van der Waals surface area contributed by atoms with Gasteiger partial charge in [0.25, 0.3) is 0 Å². The minimum absolute atomic E-state index is 0.0546. The number of hydrogen-bond acceptors (Lipinski definition) is 4. The van der Waals surface area contributed by atoms with Gasteiger partial charge >= 0.3 is 5.97 Å². The van der Waals surface area contributed by atoms with Gasteiger partial charge in [0.05, 0.1) is 0 Å². The summed E-state index contributed by atoms with van der Waals surface area (Å²) < 4.78 is 5.57. The highest BCUT2D eigenvalue weighted by atomic mass is 16.5. The third-order valence-electron chi connectivity index (χ3n) is 4.78. The first-order chi connectivity index (χ1) is 12.2. The number of hydrogen-bond donors (Lipinski definition) is 0. The Balaban J connectivity index is 1.67. The fraction of sp³-hybridized carbons (Fsp3) is 0.381. The number of esters is 1. The van der Waals surface area contributed by atoms with Crippen LogP contribution in [0, 0.1) is 11.8 Å². The van der Waals surface area contributed by atoms with Crippen LogP contribution in [0.3, 0.4) is 0 Å². The van der Waals surface area contributed by atoms with Crippen molar-refractivity contribution in [1.29, 1.82) is 0 Å². The van der Waals surface area contributed by atoms with E-state index < -0.39 is 0 Å². The molecule has 1 aliphatic carbocycles. The topological polar surface area (TPSA) is 56.3 Å². The number of carbonyl (C=O) groups is 2. The van der Waals surface area contributed by atoms with Crippen molar-refractivity contribution in [3.63, 3.8) is 0 Å². The summed E-state index contributed by atoms with van der Waals surface area (Å²) >= 11 is 0. The summed E-state index contributed by atoms with van der Waals surface area (Å²) in [6.45, 7) is 2.07. The summed E-state index contributed by atoms with van der Waals surface area (Å²) in [6.07, 6.45) is 9.11. The normalized spacial score (nSPS) is 20.4. The zero-order chi connectivity index (χ0) is 17.6. The van der Waals surface area contributed by atoms with Gasteiger partial charge in [-0.05, 0) is 37.3 Å². The lowest BCUT2D eigenvalue weighted by molar-refractivity contribution is -0.135. The van der Waals surface area contributed by atoms with Crippen LogP contribution in [0.4, 0.5) is 0 Å². The molecule has 0 aliphatic heterocycles. The summed E-state index contributed by atoms with van der Waals surface area (Å²) in [5.41, 5.74) is 0.684. The SMILES string of the molecule is CC/C=C/CC1C(=O)CCC1CC(=O)Oc1cccc2cccnc12. The van der Waals surface area contributed by atoms with Crippen LogP contribution < -0.4 is 4.74 Å². The fourth-order valence-corrected chi connectivity index (χ4v) is 3.49. The molecule has 0 amide bonds. The summed E-state index contributed by atoms with van der Waals surface area (Å²) in [6, 6.07) is 9.34. The monoisotopic (exact) mass is 337 g/mol. The first kappa shape index (κ1) is 17.3. The third-order valence-corrected chi connectivity index (χ3v) is 4.78. The molecule has 1 heterocycles. The average molecular weight is 337 g/mol. The van der Waals surface area contributed by atoms with Crippen LogP contribution in [0.15, 0.2) is 48.7 Å². The number of ketones is 1. The molecule has 2 unspecified atom stereocenters. The zero-order valence-corrected chi connectivity index (χ0v) is 14.5. The molecule has 3 rings (SSSR count). The number of para-hydroxylation sites is 1. The standard InChI is InChI=1S/C21H23NO3/c1-2-3-4-9-17-16(11-12-18(17)23)14-20(24)25-19-10-5-7-15-8-6-13-22-21(15)19/h3-8,10,13,16-17H,2,9,11-12,14H2,1H3/b4-3+. The zero-order valence-electron chi connectivity index (χ0n) is 14.5. The quantitative estimate of drug-likeness (QED) is 0.443. The second kappa shape index (κ2) is 8.06. The van der Waals surface area contributed by atoms with Crippen LogP contribution >= 0.6 is 0 Å². The Labute approximate surface area is 147 Å². The van der Waals surface area contributed by atoms with Gasteiger partial charge in [0.2, 0.25) is 0 Å². The van der Waals surface area contributed by atoms with Crippen molar-refractivity contribution in [3.8, 4) is 5.75 Å². The van der Waals surface area contributed by atoms with Crippen molar-refractivity contribution in [3.05, 3.63) is 48.7 Å². The Morgan fingerprint density at radius 2 is 2.12 bits per heavy atom. The Morgan fingerprint density at radius 1 is 1.28 bits per heavy atom. The number of ether oxygens (including phenoxy) is 1. The van der Waals surface area contributed by atoms with Gasteiger partial charge in [0.1, 0.15) is 11.3 Å². The number of Topliss-reactive ketones (excluding diaryl/α,β-unsaturated/α-hetero) is 1. The van der Waals surface area contributed by atoms with Crippen LogP contribution in [0.2, 0.25) is 0 Å². The van der Waals surface area contributed by atoms with Crippen LogP contribution in [0.5, 0.6) is 5.75 Å². The maximum Gasteiger partial charge on any atom is 0.311 e. The van der Waals surface area contributed by atoms with Crippen LogP contribution in [0.1, 0.15) is 39.0 Å². The van der Waals surface area contributed by atoms with Crippen molar-refractivity contribution >= 4 is 22.7 Å². The van der Waals surface area contributed by atoms with E-state index in [9.17, 15) is 9.59 Å². The first-order valence-corrected chi connectivity index (χ1v) is 8.91. The lowest BCUT2D eigenvalue weighted by Crippen LogP contribution is -2.20. The molecule has 1 aromatic heterocycles. The van der Waals surface area contributed by atoms with E-state index in [4.69, 9.17) is 4.74 Å². The number of benzene rings is 1. The van der Waals surface area contributed by atoms with Gasteiger partial charge in [0.15, 0.2) is 5.75 Å². The Bertz CT molecular complexity index is 791. The minimum Gasteiger partial charge on any atom is -0.424 e. The molecule has 0 spiro atoms. The van der Waals surface area contributed by atoms with Crippen molar-refractivity contribution in [2.75, 3.05) is 0 Å². The first-order valence-electron chi connectivity index (χ1n) is 8.91. The molecule has 0 bridgehead atoms. The van der Waals surface area contributed by atoms with Crippen LogP contribution in [0.25, 0.3) is 10.9 Å². The average Bonchev–Trinajstić information content (AvgIpc) is 2.95. The highest BCUT2D eigenvalue weighted by Crippen LogP contribution is 2.34. The van der Waals surface area contributed by atoms with Gasteiger partial charge in [-0.15, -0.1) is 0 Å². The van der Waals surface area contributed by atoms with Gasteiger partial charge in [-0.1, -0.05) is 37.3 Å². The van der Waals surface area contributed by atoms with Gasteiger partial charge in [-0.3, -0.25) is 14.6 Å². The molecule has 2 aromatic rings. The summed E-state index contributed by atoms with van der Waals surface area (Å²) in [5.74, 6) is 0.480. The number of aromatic nitrogens is 1. The molecule has 4 heteroatoms. The molecule has 25 heavy (non-hydrogen) atoms. The van der Waals surface area contributed by atoms with E-state index in [1.165, 1.54) is 0 Å². The van der Waals surface area contributed by atoms with E-state index in [-0.39, 0.29) is 30.0 Å². The van der Waals surface area contributed by atoms with E-state index in [2.05, 4.69) is 24.1 Å². The Kier molecular flexibility index (Phi) is 5.59. The number of rotatable bonds is 6. The van der Waals surface area contributed by atoms with Gasteiger partial charge < -0.3 is 4.74 Å². The molecule has 0 N–H and O–H groups in total. The second-order valence-electron chi connectivity index (χ2n) is 6.50.